The monoisotopic (exact) mass is 415 g/mol. The second-order valence-corrected chi connectivity index (χ2v) is 11.7. The minimum atomic E-state index is -3.46. The molecule has 9 heteroatoms. The summed E-state index contributed by atoms with van der Waals surface area (Å²) in [6, 6.07) is 5.53. The van der Waals surface area contributed by atoms with Gasteiger partial charge in [-0.3, -0.25) is 0 Å². The predicted molar refractivity (Wildman–Crippen MR) is 106 cm³/mol. The molecule has 1 aliphatic heterocycles. The molecule has 1 aromatic rings. The highest BCUT2D eigenvalue weighted by atomic mass is 32.2. The molecule has 0 spiro atoms. The molecule has 1 aromatic carbocycles. The van der Waals surface area contributed by atoms with Crippen molar-refractivity contribution < 1.29 is 16.8 Å². The molecule has 0 N–H and O–H groups in total. The molecule has 1 aliphatic carbocycles. The van der Waals surface area contributed by atoms with E-state index in [1.54, 1.807) is 10.4 Å². The second kappa shape index (κ2) is 8.16. The van der Waals surface area contributed by atoms with E-state index >= 15 is 0 Å². The lowest BCUT2D eigenvalue weighted by Crippen LogP contribution is -2.49. The SMILES string of the molecule is CN(C)S(=O)(=O)CCCN1CCN(S(=O)(=O)c2ccc3c(c2)CCC3)CC1. The van der Waals surface area contributed by atoms with Crippen molar-refractivity contribution >= 4 is 20.0 Å². The summed E-state index contributed by atoms with van der Waals surface area (Å²) >= 11 is 0. The van der Waals surface area contributed by atoms with Gasteiger partial charge in [-0.1, -0.05) is 6.07 Å². The van der Waals surface area contributed by atoms with Gasteiger partial charge in [0, 0.05) is 40.3 Å². The first-order valence-electron chi connectivity index (χ1n) is 9.45. The Kier molecular flexibility index (Phi) is 6.27. The smallest absolute Gasteiger partial charge is 0.243 e. The fraction of sp³-hybridized carbons (Fsp3) is 0.667. The largest absolute Gasteiger partial charge is 0.301 e. The van der Waals surface area contributed by atoms with Crippen LogP contribution in [0.15, 0.2) is 23.1 Å². The van der Waals surface area contributed by atoms with Crippen molar-refractivity contribution in [3.63, 3.8) is 0 Å². The molecule has 0 amide bonds. The lowest BCUT2D eigenvalue weighted by Gasteiger charge is -2.34. The first kappa shape index (κ1) is 20.7. The highest BCUT2D eigenvalue weighted by Gasteiger charge is 2.29. The number of hydrogen-bond acceptors (Lipinski definition) is 5. The highest BCUT2D eigenvalue weighted by Crippen LogP contribution is 2.26. The Morgan fingerprint density at radius 3 is 2.30 bits per heavy atom. The van der Waals surface area contributed by atoms with E-state index in [1.807, 2.05) is 12.1 Å². The molecular formula is C18H29N3O4S2. The zero-order chi connectivity index (χ0) is 19.7. The maximum atomic E-state index is 12.9. The number of sulfonamides is 2. The Morgan fingerprint density at radius 2 is 1.63 bits per heavy atom. The molecule has 1 heterocycles. The molecule has 27 heavy (non-hydrogen) atoms. The van der Waals surface area contributed by atoms with Crippen molar-refractivity contribution in [3.05, 3.63) is 29.3 Å². The molecule has 7 nitrogen and oxygen atoms in total. The summed E-state index contributed by atoms with van der Waals surface area (Å²) in [6.45, 7) is 2.82. The van der Waals surface area contributed by atoms with Gasteiger partial charge in [-0.05, 0) is 55.5 Å². The van der Waals surface area contributed by atoms with Crippen LogP contribution in [0.1, 0.15) is 24.0 Å². The Hall–Kier alpha value is -1.00. The van der Waals surface area contributed by atoms with Gasteiger partial charge >= 0.3 is 0 Å². The summed E-state index contributed by atoms with van der Waals surface area (Å²) in [7, 11) is -3.55. The van der Waals surface area contributed by atoms with E-state index in [2.05, 4.69) is 4.90 Å². The summed E-state index contributed by atoms with van der Waals surface area (Å²) in [5.41, 5.74) is 2.43. The fourth-order valence-electron chi connectivity index (χ4n) is 3.70. The van der Waals surface area contributed by atoms with Crippen LogP contribution in [0.2, 0.25) is 0 Å². The van der Waals surface area contributed by atoms with Gasteiger partial charge in [0.15, 0.2) is 0 Å². The Labute approximate surface area is 163 Å². The van der Waals surface area contributed by atoms with Crippen LogP contribution in [0.3, 0.4) is 0 Å². The van der Waals surface area contributed by atoms with Gasteiger partial charge in [0.05, 0.1) is 10.6 Å². The molecule has 3 rings (SSSR count). The van der Waals surface area contributed by atoms with Crippen LogP contribution in [0.5, 0.6) is 0 Å². The first-order valence-corrected chi connectivity index (χ1v) is 12.5. The quantitative estimate of drug-likeness (QED) is 0.657. The molecule has 0 unspecified atom stereocenters. The minimum Gasteiger partial charge on any atom is -0.301 e. The van der Waals surface area contributed by atoms with Crippen LogP contribution in [0, 0.1) is 0 Å². The van der Waals surface area contributed by atoms with Gasteiger partial charge in [0.25, 0.3) is 0 Å². The Balaban J connectivity index is 1.54. The average molecular weight is 416 g/mol. The van der Waals surface area contributed by atoms with Crippen molar-refractivity contribution in [3.8, 4) is 0 Å². The van der Waals surface area contributed by atoms with Crippen LogP contribution in [0.4, 0.5) is 0 Å². The molecular weight excluding hydrogens is 386 g/mol. The van der Waals surface area contributed by atoms with E-state index in [-0.39, 0.29) is 5.75 Å². The zero-order valence-corrected chi connectivity index (χ0v) is 17.7. The third kappa shape index (κ3) is 4.71. The number of piperazine rings is 1. The molecule has 0 radical (unpaired) electrons. The topological polar surface area (TPSA) is 78.0 Å². The second-order valence-electron chi connectivity index (χ2n) is 7.48. The van der Waals surface area contributed by atoms with Crippen molar-refractivity contribution in [1.82, 2.24) is 13.5 Å². The number of nitrogens with zero attached hydrogens (tertiary/aromatic N) is 3. The Bertz CT molecular complexity index is 874. The van der Waals surface area contributed by atoms with Gasteiger partial charge in [-0.2, -0.15) is 4.31 Å². The zero-order valence-electron chi connectivity index (χ0n) is 16.1. The summed E-state index contributed by atoms with van der Waals surface area (Å²) in [4.78, 5) is 2.54. The van der Waals surface area contributed by atoms with Crippen molar-refractivity contribution in [1.29, 1.82) is 0 Å². The third-order valence-corrected chi connectivity index (χ3v) is 9.28. The Morgan fingerprint density at radius 1 is 0.963 bits per heavy atom. The highest BCUT2D eigenvalue weighted by molar-refractivity contribution is 7.89. The number of rotatable bonds is 7. The van der Waals surface area contributed by atoms with Crippen LogP contribution >= 0.6 is 0 Å². The van der Waals surface area contributed by atoms with Crippen LogP contribution < -0.4 is 0 Å². The number of hydrogen-bond donors (Lipinski definition) is 0. The van der Waals surface area contributed by atoms with Crippen molar-refractivity contribution in [2.45, 2.75) is 30.6 Å². The average Bonchev–Trinajstić information content (AvgIpc) is 3.09. The number of aryl methyl sites for hydroxylation is 2. The van der Waals surface area contributed by atoms with Gasteiger partial charge in [-0.15, -0.1) is 0 Å². The van der Waals surface area contributed by atoms with E-state index in [0.29, 0.717) is 44.0 Å². The summed E-state index contributed by atoms with van der Waals surface area (Å²) in [5.74, 6) is 0.119. The normalized spacial score (nSPS) is 19.5. The van der Waals surface area contributed by atoms with Crippen LogP contribution in [-0.2, 0) is 32.9 Å². The number of benzene rings is 1. The van der Waals surface area contributed by atoms with Crippen LogP contribution in [0.25, 0.3) is 0 Å². The fourth-order valence-corrected chi connectivity index (χ4v) is 6.04. The standard InChI is InChI=1S/C18H29N3O4S2/c1-19(2)26(22,23)14-4-9-20-10-12-21(13-11-20)27(24,25)18-8-7-16-5-3-6-17(16)15-18/h7-8,15H,3-6,9-14H2,1-2H3. The summed E-state index contributed by atoms with van der Waals surface area (Å²) in [5, 5.41) is 0. The lowest BCUT2D eigenvalue weighted by molar-refractivity contribution is 0.189. The van der Waals surface area contributed by atoms with Crippen LogP contribution in [-0.4, -0.2) is 82.9 Å². The van der Waals surface area contributed by atoms with E-state index in [0.717, 1.165) is 24.8 Å². The van der Waals surface area contributed by atoms with Gasteiger partial charge in [0.1, 0.15) is 0 Å². The molecule has 152 valence electrons. The van der Waals surface area contributed by atoms with E-state index in [1.165, 1.54) is 24.0 Å². The summed E-state index contributed by atoms with van der Waals surface area (Å²) in [6.07, 6.45) is 3.65. The molecule has 2 aliphatic rings. The number of fused-ring (bicyclic) bond motifs is 1. The molecule has 0 aromatic heterocycles. The van der Waals surface area contributed by atoms with Crippen molar-refractivity contribution in [2.24, 2.45) is 0 Å². The van der Waals surface area contributed by atoms with Crippen molar-refractivity contribution in [2.75, 3.05) is 52.6 Å². The maximum absolute atomic E-state index is 12.9. The van der Waals surface area contributed by atoms with Gasteiger partial charge in [0.2, 0.25) is 20.0 Å². The lowest BCUT2D eigenvalue weighted by atomic mass is 10.1. The van der Waals surface area contributed by atoms with Gasteiger partial charge in [-0.25, -0.2) is 21.1 Å². The van der Waals surface area contributed by atoms with E-state index in [9.17, 15) is 16.8 Å². The molecule has 1 saturated heterocycles. The maximum Gasteiger partial charge on any atom is 0.243 e. The van der Waals surface area contributed by atoms with E-state index < -0.39 is 20.0 Å². The molecule has 0 saturated carbocycles. The predicted octanol–water partition coefficient (Wildman–Crippen LogP) is 0.763. The third-order valence-electron chi connectivity index (χ3n) is 5.47. The minimum absolute atomic E-state index is 0.119. The summed E-state index contributed by atoms with van der Waals surface area (Å²) < 4.78 is 52.3. The molecule has 0 atom stereocenters. The molecule has 1 fully saturated rings. The first-order chi connectivity index (χ1) is 12.7. The van der Waals surface area contributed by atoms with E-state index in [4.69, 9.17) is 0 Å². The van der Waals surface area contributed by atoms with Gasteiger partial charge < -0.3 is 4.90 Å². The molecule has 0 bridgehead atoms.